The minimum atomic E-state index is -0.0453. The summed E-state index contributed by atoms with van der Waals surface area (Å²) in [4.78, 5) is 19.4. The largest absolute Gasteiger partial charge is 0.414 e. The number of carbonyl (C=O) groups is 1. The Morgan fingerprint density at radius 3 is 2.92 bits per heavy atom. The zero-order valence-electron chi connectivity index (χ0n) is 13.2. The van der Waals surface area contributed by atoms with E-state index < -0.39 is 0 Å². The molecule has 3 saturated heterocycles. The lowest BCUT2D eigenvalue weighted by Gasteiger charge is -2.49. The number of thiophene rings is 1. The maximum Gasteiger partial charge on any atom is 0.312 e. The second-order valence-corrected chi connectivity index (χ2v) is 7.64. The molecule has 1 N–H and O–H groups in total. The number of rotatable bonds is 4. The minimum absolute atomic E-state index is 0.0239. The van der Waals surface area contributed by atoms with Crippen molar-refractivity contribution < 1.29 is 13.9 Å². The Labute approximate surface area is 148 Å². The van der Waals surface area contributed by atoms with Crippen LogP contribution in [0.15, 0.2) is 22.7 Å². The first-order valence-corrected chi connectivity index (χ1v) is 9.23. The molecule has 5 rings (SSSR count). The molecule has 2 aromatic heterocycles. The van der Waals surface area contributed by atoms with Gasteiger partial charge >= 0.3 is 5.95 Å². The predicted octanol–water partition coefficient (Wildman–Crippen LogP) is 3.39. The lowest BCUT2D eigenvalue weighted by Crippen LogP contribution is -2.62. The first-order chi connectivity index (χ1) is 11.6. The number of carbonyl (C=O) groups excluding carboxylic acids is 1. The van der Waals surface area contributed by atoms with E-state index in [0.717, 1.165) is 13.1 Å². The van der Waals surface area contributed by atoms with Gasteiger partial charge in [-0.05, 0) is 62.5 Å². The van der Waals surface area contributed by atoms with Crippen LogP contribution in [-0.2, 0) is 0 Å². The molecule has 3 aliphatic rings. The average molecular weight is 368 g/mol. The molecule has 2 bridgehead atoms. The predicted molar refractivity (Wildman–Crippen MR) is 90.9 cm³/mol. The van der Waals surface area contributed by atoms with Crippen LogP contribution in [0.5, 0.6) is 11.0 Å². The molecule has 0 radical (unpaired) electrons. The fraction of sp³-hybridized carbons (Fsp3) is 0.500. The van der Waals surface area contributed by atoms with Crippen molar-refractivity contribution in [3.8, 4) is 11.0 Å². The topological polar surface area (TPSA) is 67.6 Å². The highest BCUT2D eigenvalue weighted by atomic mass is 35.5. The number of aromatic nitrogens is 1. The molecule has 3 aliphatic heterocycles. The number of oxazole rings is 1. The van der Waals surface area contributed by atoms with E-state index in [2.05, 4.69) is 22.1 Å². The minimum Gasteiger partial charge on any atom is -0.414 e. The van der Waals surface area contributed by atoms with E-state index in [-0.39, 0.29) is 23.2 Å². The van der Waals surface area contributed by atoms with Gasteiger partial charge < -0.3 is 14.5 Å². The van der Waals surface area contributed by atoms with E-state index in [0.29, 0.717) is 21.9 Å². The summed E-state index contributed by atoms with van der Waals surface area (Å²) in [6, 6.07) is 4.13. The van der Waals surface area contributed by atoms with Gasteiger partial charge in [-0.1, -0.05) is 11.3 Å². The third kappa shape index (κ3) is 3.03. The van der Waals surface area contributed by atoms with Crippen molar-refractivity contribution in [1.29, 1.82) is 0 Å². The highest BCUT2D eigenvalue weighted by Gasteiger charge is 2.40. The van der Waals surface area contributed by atoms with Crippen LogP contribution in [0.3, 0.4) is 0 Å². The average Bonchev–Trinajstić information content (AvgIpc) is 3.21. The molecule has 1 amide bonds. The zero-order chi connectivity index (χ0) is 16.7. The van der Waals surface area contributed by atoms with E-state index >= 15 is 0 Å². The zero-order valence-corrected chi connectivity index (χ0v) is 14.8. The SMILES string of the molecule is CC1C(NC(=O)c2ccc(Oc3cnc(Cl)o3)s2)C2CCN1CC2. The van der Waals surface area contributed by atoms with Crippen LogP contribution >= 0.6 is 22.9 Å². The molecule has 6 nitrogen and oxygen atoms in total. The van der Waals surface area contributed by atoms with Gasteiger partial charge in [0.15, 0.2) is 5.06 Å². The van der Waals surface area contributed by atoms with Gasteiger partial charge in [-0.3, -0.25) is 9.69 Å². The molecule has 2 unspecified atom stereocenters. The molecule has 0 saturated carbocycles. The fourth-order valence-corrected chi connectivity index (χ4v) is 4.54. The summed E-state index contributed by atoms with van der Waals surface area (Å²) in [7, 11) is 0. The number of amides is 1. The van der Waals surface area contributed by atoms with Gasteiger partial charge in [0.1, 0.15) is 6.20 Å². The van der Waals surface area contributed by atoms with Gasteiger partial charge in [0, 0.05) is 12.1 Å². The number of piperidine rings is 3. The monoisotopic (exact) mass is 367 g/mol. The summed E-state index contributed by atoms with van der Waals surface area (Å²) in [6.45, 7) is 4.50. The number of nitrogens with one attached hydrogen (secondary N) is 1. The lowest BCUT2D eigenvalue weighted by molar-refractivity contribution is 0.0218. The Kier molecular flexibility index (Phi) is 4.24. The summed E-state index contributed by atoms with van der Waals surface area (Å²) in [5, 5.41) is 3.80. The first kappa shape index (κ1) is 15.9. The number of hydrogen-bond acceptors (Lipinski definition) is 6. The lowest BCUT2D eigenvalue weighted by atomic mass is 9.79. The molecule has 0 aromatic carbocycles. The van der Waals surface area contributed by atoms with Crippen LogP contribution in [0.1, 0.15) is 29.4 Å². The Balaban J connectivity index is 1.41. The molecule has 128 valence electrons. The first-order valence-electron chi connectivity index (χ1n) is 8.04. The molecular formula is C16H18ClN3O3S. The maximum absolute atomic E-state index is 12.6. The second-order valence-electron chi connectivity index (χ2n) is 6.27. The summed E-state index contributed by atoms with van der Waals surface area (Å²) in [5.74, 6) is 0.747. The fourth-order valence-electron chi connectivity index (χ4n) is 3.65. The summed E-state index contributed by atoms with van der Waals surface area (Å²) in [6.07, 6.45) is 3.73. The van der Waals surface area contributed by atoms with Crippen molar-refractivity contribution >= 4 is 28.8 Å². The molecule has 0 spiro atoms. The normalized spacial score (nSPS) is 28.8. The Hall–Kier alpha value is -1.57. The van der Waals surface area contributed by atoms with E-state index in [4.69, 9.17) is 20.8 Å². The van der Waals surface area contributed by atoms with Gasteiger partial charge in [0.2, 0.25) is 0 Å². The Morgan fingerprint density at radius 2 is 2.25 bits per heavy atom. The van der Waals surface area contributed by atoms with Crippen molar-refractivity contribution in [3.05, 3.63) is 28.6 Å². The van der Waals surface area contributed by atoms with Crippen LogP contribution in [0.2, 0.25) is 5.35 Å². The van der Waals surface area contributed by atoms with Crippen molar-refractivity contribution in [2.45, 2.75) is 31.8 Å². The van der Waals surface area contributed by atoms with E-state index in [9.17, 15) is 4.79 Å². The highest BCUT2D eigenvalue weighted by molar-refractivity contribution is 7.15. The van der Waals surface area contributed by atoms with Crippen LogP contribution in [0, 0.1) is 5.92 Å². The summed E-state index contributed by atoms with van der Waals surface area (Å²) >= 11 is 6.89. The van der Waals surface area contributed by atoms with Gasteiger partial charge in [-0.25, -0.2) is 4.98 Å². The van der Waals surface area contributed by atoms with Gasteiger partial charge in [-0.15, -0.1) is 0 Å². The van der Waals surface area contributed by atoms with Crippen molar-refractivity contribution in [1.82, 2.24) is 15.2 Å². The number of nitrogens with zero attached hydrogens (tertiary/aromatic N) is 2. The highest BCUT2D eigenvalue weighted by Crippen LogP contribution is 2.34. The van der Waals surface area contributed by atoms with Crippen LogP contribution in [0.25, 0.3) is 0 Å². The maximum atomic E-state index is 12.6. The second kappa shape index (κ2) is 6.38. The van der Waals surface area contributed by atoms with Crippen molar-refractivity contribution in [2.24, 2.45) is 5.92 Å². The molecular weight excluding hydrogens is 350 g/mol. The van der Waals surface area contributed by atoms with Gasteiger partial charge in [0.05, 0.1) is 4.88 Å². The number of ether oxygens (including phenoxy) is 1. The van der Waals surface area contributed by atoms with Crippen LogP contribution < -0.4 is 10.1 Å². The number of fused-ring (bicyclic) bond motifs is 3. The molecule has 24 heavy (non-hydrogen) atoms. The molecule has 2 aromatic rings. The quantitative estimate of drug-likeness (QED) is 0.897. The smallest absolute Gasteiger partial charge is 0.312 e. The molecule has 0 aliphatic carbocycles. The molecule has 5 heterocycles. The van der Waals surface area contributed by atoms with Gasteiger partial charge in [-0.2, -0.15) is 0 Å². The molecule has 3 fully saturated rings. The summed E-state index contributed by atoms with van der Waals surface area (Å²) < 4.78 is 10.6. The standard InChI is InChI=1S/C16H18ClN3O3S/c1-9-14(10-4-6-20(9)7-5-10)19-15(21)11-2-3-13(24-11)22-12-8-18-16(17)23-12/h2-3,8-10,14H,4-7H2,1H3,(H,19,21). The Morgan fingerprint density at radius 1 is 1.46 bits per heavy atom. The molecule has 8 heteroatoms. The number of halogens is 1. The van der Waals surface area contributed by atoms with Crippen LogP contribution in [-0.4, -0.2) is 41.0 Å². The van der Waals surface area contributed by atoms with Crippen molar-refractivity contribution in [3.63, 3.8) is 0 Å². The third-order valence-electron chi connectivity index (χ3n) is 4.94. The Bertz CT molecular complexity index is 737. The van der Waals surface area contributed by atoms with E-state index in [1.54, 1.807) is 12.1 Å². The van der Waals surface area contributed by atoms with Crippen molar-refractivity contribution in [2.75, 3.05) is 13.1 Å². The number of hydrogen-bond donors (Lipinski definition) is 1. The van der Waals surface area contributed by atoms with Gasteiger partial charge in [0.25, 0.3) is 11.3 Å². The van der Waals surface area contributed by atoms with E-state index in [1.165, 1.54) is 30.4 Å². The third-order valence-corrected chi connectivity index (χ3v) is 6.07. The summed E-state index contributed by atoms with van der Waals surface area (Å²) in [5.41, 5.74) is 0. The molecule has 2 atom stereocenters. The van der Waals surface area contributed by atoms with E-state index in [1.807, 2.05) is 0 Å². The van der Waals surface area contributed by atoms with Crippen LogP contribution in [0.4, 0.5) is 0 Å².